The van der Waals surface area contributed by atoms with Gasteiger partial charge in [-0.1, -0.05) is 41.3 Å². The molecule has 0 radical (unpaired) electrons. The molecule has 152 valence electrons. The minimum absolute atomic E-state index is 0.131. The lowest BCUT2D eigenvalue weighted by Crippen LogP contribution is -2.28. The normalized spacial score (nSPS) is 16.2. The second-order valence-electron chi connectivity index (χ2n) is 6.58. The smallest absolute Gasteiger partial charge is 0.253 e. The van der Waals surface area contributed by atoms with Crippen molar-refractivity contribution in [2.45, 2.75) is 16.8 Å². The molecule has 10 heteroatoms. The van der Waals surface area contributed by atoms with Gasteiger partial charge in [0.1, 0.15) is 23.1 Å². The molecule has 1 aliphatic rings. The van der Waals surface area contributed by atoms with Gasteiger partial charge < -0.3 is 14.2 Å². The zero-order valence-corrected chi connectivity index (χ0v) is 17.6. The molecular weight excluding hydrogens is 422 g/mol. The second-order valence-corrected chi connectivity index (χ2v) is 8.78. The Hall–Kier alpha value is -3.11. The molecular formula is C20H17N5O3S2. The molecule has 0 fully saturated rings. The van der Waals surface area contributed by atoms with Crippen molar-refractivity contribution < 1.29 is 13.6 Å². The van der Waals surface area contributed by atoms with Crippen LogP contribution in [-0.2, 0) is 4.79 Å². The van der Waals surface area contributed by atoms with E-state index in [-0.39, 0.29) is 17.7 Å². The third-order valence-electron chi connectivity index (χ3n) is 4.69. The van der Waals surface area contributed by atoms with Crippen molar-refractivity contribution in [1.29, 1.82) is 0 Å². The molecule has 0 saturated heterocycles. The Morgan fingerprint density at radius 2 is 2.20 bits per heavy atom. The molecule has 4 heterocycles. The number of carbonyl (C=O) groups is 1. The third-order valence-corrected chi connectivity index (χ3v) is 6.75. The molecule has 1 unspecified atom stereocenters. The highest BCUT2D eigenvalue weighted by Gasteiger charge is 2.36. The van der Waals surface area contributed by atoms with Gasteiger partial charge in [0.15, 0.2) is 10.1 Å². The summed E-state index contributed by atoms with van der Waals surface area (Å²) in [6, 6.07) is 13.1. The van der Waals surface area contributed by atoms with Crippen LogP contribution in [0.15, 0.2) is 67.0 Å². The number of rotatable bonds is 6. The summed E-state index contributed by atoms with van der Waals surface area (Å²) in [7, 11) is 1.78. The number of hydrogen-bond donors (Lipinski definition) is 1. The molecule has 0 bridgehead atoms. The predicted molar refractivity (Wildman–Crippen MR) is 116 cm³/mol. The highest BCUT2D eigenvalue weighted by atomic mass is 32.2. The van der Waals surface area contributed by atoms with Crippen molar-refractivity contribution in [1.82, 2.24) is 15.2 Å². The quantitative estimate of drug-likeness (QED) is 0.445. The molecule has 8 nitrogen and oxygen atoms in total. The number of fused-ring (bicyclic) bond motifs is 1. The average Bonchev–Trinajstić information content (AvgIpc) is 3.55. The molecule has 1 atom stereocenters. The van der Waals surface area contributed by atoms with Crippen LogP contribution in [-0.4, -0.2) is 39.6 Å². The van der Waals surface area contributed by atoms with Crippen molar-refractivity contribution in [3.05, 3.63) is 60.2 Å². The molecule has 4 aromatic rings. The molecule has 1 aliphatic heterocycles. The van der Waals surface area contributed by atoms with E-state index in [1.54, 1.807) is 13.3 Å². The summed E-state index contributed by atoms with van der Waals surface area (Å²) < 4.78 is 12.3. The van der Waals surface area contributed by atoms with Crippen LogP contribution in [0.25, 0.3) is 11.0 Å². The number of nitrogens with zero attached hydrogens (tertiary/aromatic N) is 4. The number of carbonyl (C=O) groups excluding carboxylic acids is 1. The minimum atomic E-state index is -0.307. The number of amides is 1. The van der Waals surface area contributed by atoms with Crippen molar-refractivity contribution in [3.63, 3.8) is 0 Å². The molecule has 3 aromatic heterocycles. The lowest BCUT2D eigenvalue weighted by molar-refractivity contribution is -0.130. The molecule has 0 spiro atoms. The predicted octanol–water partition coefficient (Wildman–Crippen LogP) is 4.39. The van der Waals surface area contributed by atoms with Gasteiger partial charge in [-0.15, -0.1) is 10.2 Å². The average molecular weight is 440 g/mol. The number of thioether (sulfide) groups is 1. The first-order chi connectivity index (χ1) is 14.7. The van der Waals surface area contributed by atoms with Crippen LogP contribution in [0.4, 0.5) is 5.13 Å². The Balaban J connectivity index is 1.39. The summed E-state index contributed by atoms with van der Waals surface area (Å²) in [6.45, 7) is 0. The van der Waals surface area contributed by atoms with E-state index in [9.17, 15) is 4.79 Å². The van der Waals surface area contributed by atoms with Gasteiger partial charge in [-0.05, 0) is 24.3 Å². The highest BCUT2D eigenvalue weighted by molar-refractivity contribution is 8.01. The second kappa shape index (κ2) is 7.96. The zero-order chi connectivity index (χ0) is 20.5. The van der Waals surface area contributed by atoms with Gasteiger partial charge in [0, 0.05) is 18.9 Å². The maximum absolute atomic E-state index is 13.0. The fourth-order valence-corrected chi connectivity index (χ4v) is 4.83. The van der Waals surface area contributed by atoms with Gasteiger partial charge in [-0.25, -0.2) is 5.01 Å². The van der Waals surface area contributed by atoms with Gasteiger partial charge in [0.05, 0.1) is 12.0 Å². The number of hydrogen-bond acceptors (Lipinski definition) is 9. The molecule has 5 rings (SSSR count). The van der Waals surface area contributed by atoms with Gasteiger partial charge in [-0.2, -0.15) is 5.10 Å². The molecule has 1 N–H and O–H groups in total. The van der Waals surface area contributed by atoms with Gasteiger partial charge in [-0.3, -0.25) is 4.79 Å². The molecule has 1 amide bonds. The van der Waals surface area contributed by atoms with Crippen LogP contribution in [0.5, 0.6) is 0 Å². The largest absolute Gasteiger partial charge is 0.467 e. The summed E-state index contributed by atoms with van der Waals surface area (Å²) in [5.41, 5.74) is 1.51. The number of anilines is 1. The number of aromatic nitrogens is 2. The van der Waals surface area contributed by atoms with Crippen LogP contribution >= 0.6 is 23.1 Å². The van der Waals surface area contributed by atoms with E-state index in [1.165, 1.54) is 28.1 Å². The summed E-state index contributed by atoms with van der Waals surface area (Å²) in [6.07, 6.45) is 2.12. The number of benzene rings is 1. The van der Waals surface area contributed by atoms with Crippen LogP contribution in [0.1, 0.15) is 24.0 Å². The van der Waals surface area contributed by atoms with E-state index in [2.05, 4.69) is 20.6 Å². The van der Waals surface area contributed by atoms with Crippen molar-refractivity contribution in [2.75, 3.05) is 18.1 Å². The first-order valence-corrected chi connectivity index (χ1v) is 11.1. The molecule has 30 heavy (non-hydrogen) atoms. The van der Waals surface area contributed by atoms with Crippen LogP contribution < -0.4 is 5.32 Å². The Labute approximate surface area is 180 Å². The van der Waals surface area contributed by atoms with E-state index in [0.717, 1.165) is 21.0 Å². The number of furan rings is 2. The SMILES string of the molecule is CNc1nnc(SCC(=O)N2N=C(c3cc4ccccc4o3)CC2c2ccco2)s1. The van der Waals surface area contributed by atoms with Crippen molar-refractivity contribution >= 4 is 50.8 Å². The first-order valence-electron chi connectivity index (χ1n) is 9.27. The van der Waals surface area contributed by atoms with Crippen LogP contribution in [0.2, 0.25) is 0 Å². The zero-order valence-electron chi connectivity index (χ0n) is 15.9. The molecule has 1 aromatic carbocycles. The fraction of sp³-hybridized carbons (Fsp3) is 0.200. The monoisotopic (exact) mass is 439 g/mol. The Kier molecular flexibility index (Phi) is 5.01. The lowest BCUT2D eigenvalue weighted by atomic mass is 10.1. The fourth-order valence-electron chi connectivity index (χ4n) is 3.27. The summed E-state index contributed by atoms with van der Waals surface area (Å²) in [5, 5.41) is 18.8. The van der Waals surface area contributed by atoms with Crippen LogP contribution in [0.3, 0.4) is 0 Å². The Morgan fingerprint density at radius 1 is 1.30 bits per heavy atom. The van der Waals surface area contributed by atoms with E-state index in [0.29, 0.717) is 23.1 Å². The molecule has 0 saturated carbocycles. The van der Waals surface area contributed by atoms with E-state index >= 15 is 0 Å². The van der Waals surface area contributed by atoms with Gasteiger partial charge in [0.2, 0.25) is 5.13 Å². The first kappa shape index (κ1) is 18.9. The summed E-state index contributed by atoms with van der Waals surface area (Å²) in [5.74, 6) is 1.43. The van der Waals surface area contributed by atoms with E-state index in [1.807, 2.05) is 42.5 Å². The van der Waals surface area contributed by atoms with Crippen molar-refractivity contribution in [2.24, 2.45) is 5.10 Å². The standard InChI is InChI=1S/C20H17N5O3S2/c1-21-19-22-23-20(30-19)29-11-18(26)25-14(16-7-4-8-27-16)10-13(24-25)17-9-12-5-2-3-6-15(12)28-17/h2-9,14H,10-11H2,1H3,(H,21,22). The molecule has 0 aliphatic carbocycles. The Bertz CT molecular complexity index is 1180. The number of para-hydroxylation sites is 1. The number of nitrogens with one attached hydrogen (secondary N) is 1. The van der Waals surface area contributed by atoms with Gasteiger partial charge >= 0.3 is 0 Å². The van der Waals surface area contributed by atoms with Crippen LogP contribution in [0, 0.1) is 0 Å². The van der Waals surface area contributed by atoms with E-state index < -0.39 is 0 Å². The lowest BCUT2D eigenvalue weighted by Gasteiger charge is -2.19. The third kappa shape index (κ3) is 3.59. The highest BCUT2D eigenvalue weighted by Crippen LogP contribution is 2.35. The number of hydrazone groups is 1. The van der Waals surface area contributed by atoms with Gasteiger partial charge in [0.25, 0.3) is 5.91 Å². The minimum Gasteiger partial charge on any atom is -0.467 e. The van der Waals surface area contributed by atoms with E-state index in [4.69, 9.17) is 8.83 Å². The topological polar surface area (TPSA) is 96.8 Å². The maximum Gasteiger partial charge on any atom is 0.253 e. The Morgan fingerprint density at radius 3 is 2.97 bits per heavy atom. The van der Waals surface area contributed by atoms with Crippen molar-refractivity contribution in [3.8, 4) is 0 Å². The summed E-state index contributed by atoms with van der Waals surface area (Å²) >= 11 is 2.75. The maximum atomic E-state index is 13.0. The summed E-state index contributed by atoms with van der Waals surface area (Å²) in [4.78, 5) is 13.0.